The van der Waals surface area contributed by atoms with Crippen LogP contribution in [0.2, 0.25) is 0 Å². The fraction of sp³-hybridized carbons (Fsp3) is 0.533. The predicted molar refractivity (Wildman–Crippen MR) is 101 cm³/mol. The highest BCUT2D eigenvalue weighted by Gasteiger charge is 2.40. The molecule has 130 valence electrons. The number of sulfone groups is 1. The minimum absolute atomic E-state index is 0. The van der Waals surface area contributed by atoms with E-state index in [1.54, 1.807) is 27.0 Å². The van der Waals surface area contributed by atoms with Crippen LogP contribution in [0.1, 0.15) is 19.4 Å². The fourth-order valence-corrected chi connectivity index (χ4v) is 3.85. The number of guanidine groups is 1. The summed E-state index contributed by atoms with van der Waals surface area (Å²) >= 11 is 0. The number of aliphatic imine (C=N–C) groups is 1. The molecule has 0 aliphatic carbocycles. The lowest BCUT2D eigenvalue weighted by atomic mass is 10.2. The number of nitrogens with one attached hydrogen (secondary N) is 1. The van der Waals surface area contributed by atoms with Crippen LogP contribution in [-0.4, -0.2) is 49.9 Å². The van der Waals surface area contributed by atoms with Gasteiger partial charge in [0.15, 0.2) is 15.8 Å². The van der Waals surface area contributed by atoms with Crippen molar-refractivity contribution in [3.63, 3.8) is 0 Å². The van der Waals surface area contributed by atoms with Gasteiger partial charge in [0.2, 0.25) is 0 Å². The molecule has 0 unspecified atom stereocenters. The van der Waals surface area contributed by atoms with E-state index in [0.29, 0.717) is 25.6 Å². The van der Waals surface area contributed by atoms with Crippen molar-refractivity contribution < 1.29 is 12.8 Å². The van der Waals surface area contributed by atoms with Gasteiger partial charge in [-0.25, -0.2) is 12.8 Å². The number of rotatable bonds is 2. The van der Waals surface area contributed by atoms with E-state index in [2.05, 4.69) is 10.3 Å². The third-order valence-corrected chi connectivity index (χ3v) is 6.43. The molecule has 0 spiro atoms. The van der Waals surface area contributed by atoms with Gasteiger partial charge in [0.25, 0.3) is 0 Å². The minimum Gasteiger partial charge on any atom is -0.352 e. The fourth-order valence-electron chi connectivity index (χ4n) is 2.48. The molecular formula is C15H23FIN3O2S. The molecule has 0 amide bonds. The van der Waals surface area contributed by atoms with E-state index in [-0.39, 0.29) is 35.5 Å². The standard InChI is InChI=1S/C15H22FN3O2S.HI/c1-15(2)11-19(7-8-22(15,20)21)14(17-3)18-10-12-5-4-6-13(16)9-12;/h4-6,9H,7-8,10-11H2,1-3H3,(H,17,18);1H. The zero-order valence-corrected chi connectivity index (χ0v) is 16.7. The van der Waals surface area contributed by atoms with Gasteiger partial charge in [-0.3, -0.25) is 4.99 Å². The van der Waals surface area contributed by atoms with Crippen molar-refractivity contribution in [2.75, 3.05) is 25.9 Å². The summed E-state index contributed by atoms with van der Waals surface area (Å²) < 4.78 is 36.5. The Balaban J connectivity index is 0.00000264. The molecule has 2 rings (SSSR count). The van der Waals surface area contributed by atoms with Crippen molar-refractivity contribution >= 4 is 39.8 Å². The summed E-state index contributed by atoms with van der Waals surface area (Å²) in [6, 6.07) is 6.35. The Morgan fingerprint density at radius 2 is 2.13 bits per heavy atom. The van der Waals surface area contributed by atoms with Crippen LogP contribution in [0.4, 0.5) is 4.39 Å². The van der Waals surface area contributed by atoms with Gasteiger partial charge >= 0.3 is 0 Å². The third-order valence-electron chi connectivity index (χ3n) is 3.89. The van der Waals surface area contributed by atoms with E-state index in [1.807, 2.05) is 11.0 Å². The van der Waals surface area contributed by atoms with Gasteiger partial charge in [0.05, 0.1) is 10.5 Å². The largest absolute Gasteiger partial charge is 0.352 e. The number of halogens is 2. The first-order chi connectivity index (χ1) is 10.2. The lowest BCUT2D eigenvalue weighted by molar-refractivity contribution is 0.353. The summed E-state index contributed by atoms with van der Waals surface area (Å²) in [5, 5.41) is 3.16. The van der Waals surface area contributed by atoms with E-state index >= 15 is 0 Å². The third kappa shape index (κ3) is 4.79. The van der Waals surface area contributed by atoms with Crippen molar-refractivity contribution in [2.24, 2.45) is 4.99 Å². The van der Waals surface area contributed by atoms with Gasteiger partial charge in [-0.05, 0) is 31.5 Å². The molecule has 1 aromatic carbocycles. The van der Waals surface area contributed by atoms with Crippen molar-refractivity contribution in [1.82, 2.24) is 10.2 Å². The van der Waals surface area contributed by atoms with Crippen LogP contribution in [-0.2, 0) is 16.4 Å². The molecule has 0 radical (unpaired) electrons. The molecule has 1 saturated heterocycles. The molecule has 0 bridgehead atoms. The van der Waals surface area contributed by atoms with E-state index in [1.165, 1.54) is 12.1 Å². The van der Waals surface area contributed by atoms with Gasteiger partial charge in [-0.15, -0.1) is 24.0 Å². The zero-order valence-electron chi connectivity index (χ0n) is 13.5. The zero-order chi connectivity index (χ0) is 16.4. The van der Waals surface area contributed by atoms with Crippen molar-refractivity contribution in [3.8, 4) is 0 Å². The van der Waals surface area contributed by atoms with Crippen LogP contribution in [0.25, 0.3) is 0 Å². The first kappa shape index (κ1) is 20.1. The average Bonchev–Trinajstić information content (AvgIpc) is 2.43. The van der Waals surface area contributed by atoms with E-state index in [9.17, 15) is 12.8 Å². The maximum absolute atomic E-state index is 13.2. The minimum atomic E-state index is -3.08. The second kappa shape index (κ2) is 7.78. The monoisotopic (exact) mass is 455 g/mol. The number of benzene rings is 1. The SMILES string of the molecule is CN=C(NCc1cccc(F)c1)N1CCS(=O)(=O)C(C)(C)C1.I. The number of hydrogen-bond acceptors (Lipinski definition) is 3. The first-order valence-corrected chi connectivity index (χ1v) is 8.83. The molecule has 23 heavy (non-hydrogen) atoms. The number of nitrogens with zero attached hydrogens (tertiary/aromatic N) is 2. The van der Waals surface area contributed by atoms with Gasteiger partial charge in [0.1, 0.15) is 5.82 Å². The van der Waals surface area contributed by atoms with Crippen molar-refractivity contribution in [2.45, 2.75) is 25.1 Å². The van der Waals surface area contributed by atoms with Crippen LogP contribution in [0.15, 0.2) is 29.3 Å². The summed E-state index contributed by atoms with van der Waals surface area (Å²) in [6.45, 7) is 4.70. The average molecular weight is 455 g/mol. The van der Waals surface area contributed by atoms with Crippen LogP contribution < -0.4 is 5.32 Å². The molecule has 1 N–H and O–H groups in total. The van der Waals surface area contributed by atoms with E-state index in [4.69, 9.17) is 0 Å². The number of hydrogen-bond donors (Lipinski definition) is 1. The van der Waals surface area contributed by atoms with Gasteiger partial charge in [-0.2, -0.15) is 0 Å². The van der Waals surface area contributed by atoms with Crippen molar-refractivity contribution in [1.29, 1.82) is 0 Å². The quantitative estimate of drug-likeness (QED) is 0.421. The molecule has 8 heteroatoms. The molecule has 0 atom stereocenters. The molecule has 1 aliphatic heterocycles. The summed E-state index contributed by atoms with van der Waals surface area (Å²) in [5.41, 5.74) is 0.810. The molecular weight excluding hydrogens is 432 g/mol. The van der Waals surface area contributed by atoms with Crippen LogP contribution >= 0.6 is 24.0 Å². The Hall–Kier alpha value is -0.900. The summed E-state index contributed by atoms with van der Waals surface area (Å²) in [6.07, 6.45) is 0. The second-order valence-electron chi connectivity index (χ2n) is 6.03. The van der Waals surface area contributed by atoms with Crippen LogP contribution in [0, 0.1) is 5.82 Å². The van der Waals surface area contributed by atoms with Crippen LogP contribution in [0.5, 0.6) is 0 Å². The molecule has 0 aromatic heterocycles. The van der Waals surface area contributed by atoms with Gasteiger partial charge < -0.3 is 10.2 Å². The highest BCUT2D eigenvalue weighted by Crippen LogP contribution is 2.23. The Bertz CT molecular complexity index is 677. The lowest BCUT2D eigenvalue weighted by Gasteiger charge is -2.39. The molecule has 1 aromatic rings. The Labute approximate surface area is 154 Å². The van der Waals surface area contributed by atoms with Crippen LogP contribution in [0.3, 0.4) is 0 Å². The highest BCUT2D eigenvalue weighted by atomic mass is 127. The maximum atomic E-state index is 13.2. The molecule has 1 heterocycles. The normalized spacial score (nSPS) is 19.8. The smallest absolute Gasteiger partial charge is 0.193 e. The van der Waals surface area contributed by atoms with E-state index in [0.717, 1.165) is 5.56 Å². The Kier molecular flexibility index (Phi) is 6.81. The molecule has 1 aliphatic rings. The molecule has 5 nitrogen and oxygen atoms in total. The molecule has 1 fully saturated rings. The predicted octanol–water partition coefficient (Wildman–Crippen LogP) is 2.03. The summed E-state index contributed by atoms with van der Waals surface area (Å²) in [5.74, 6) is 0.465. The summed E-state index contributed by atoms with van der Waals surface area (Å²) in [4.78, 5) is 6.14. The second-order valence-corrected chi connectivity index (χ2v) is 8.77. The van der Waals surface area contributed by atoms with E-state index < -0.39 is 14.6 Å². The van der Waals surface area contributed by atoms with Gasteiger partial charge in [0, 0.05) is 26.7 Å². The topological polar surface area (TPSA) is 61.8 Å². The summed E-state index contributed by atoms with van der Waals surface area (Å²) in [7, 11) is -1.43. The Morgan fingerprint density at radius 1 is 1.43 bits per heavy atom. The van der Waals surface area contributed by atoms with Crippen molar-refractivity contribution in [3.05, 3.63) is 35.6 Å². The maximum Gasteiger partial charge on any atom is 0.193 e. The first-order valence-electron chi connectivity index (χ1n) is 7.17. The lowest BCUT2D eigenvalue weighted by Crippen LogP contribution is -2.57. The Morgan fingerprint density at radius 3 is 2.70 bits per heavy atom. The highest BCUT2D eigenvalue weighted by molar-refractivity contribution is 14.0. The van der Waals surface area contributed by atoms with Gasteiger partial charge in [-0.1, -0.05) is 12.1 Å². The molecule has 0 saturated carbocycles.